The first-order valence-corrected chi connectivity index (χ1v) is 11.3. The van der Waals surface area contributed by atoms with Crippen molar-refractivity contribution in [3.05, 3.63) is 60.2 Å². The lowest BCUT2D eigenvalue weighted by Gasteiger charge is -2.39. The van der Waals surface area contributed by atoms with Gasteiger partial charge in [0, 0.05) is 19.1 Å². The van der Waals surface area contributed by atoms with Crippen LogP contribution in [0.3, 0.4) is 0 Å². The molecule has 0 radical (unpaired) electrons. The van der Waals surface area contributed by atoms with Crippen molar-refractivity contribution in [2.75, 3.05) is 31.6 Å². The molecule has 164 valence electrons. The van der Waals surface area contributed by atoms with Crippen LogP contribution in [-0.4, -0.2) is 59.4 Å². The van der Waals surface area contributed by atoms with E-state index < -0.39 is 0 Å². The number of rotatable bonds is 6. The molecule has 2 saturated heterocycles. The highest BCUT2D eigenvalue weighted by molar-refractivity contribution is 7.80. The zero-order chi connectivity index (χ0) is 21.6. The van der Waals surface area contributed by atoms with Crippen molar-refractivity contribution in [1.82, 2.24) is 9.80 Å². The Kier molecular flexibility index (Phi) is 6.92. The van der Waals surface area contributed by atoms with Crippen molar-refractivity contribution in [3.63, 3.8) is 0 Å². The SMILES string of the molecule is CCOc1ccccc1NC(=S)N1CCC(N2C(=O)OCC2Cc2ccccc2)CC1. The van der Waals surface area contributed by atoms with E-state index in [0.717, 1.165) is 43.8 Å². The van der Waals surface area contributed by atoms with Crippen molar-refractivity contribution in [3.8, 4) is 5.75 Å². The van der Waals surface area contributed by atoms with Crippen LogP contribution in [0.4, 0.5) is 10.5 Å². The molecule has 4 rings (SSSR count). The first kappa shape index (κ1) is 21.4. The smallest absolute Gasteiger partial charge is 0.410 e. The fraction of sp³-hybridized carbons (Fsp3) is 0.417. The summed E-state index contributed by atoms with van der Waals surface area (Å²) >= 11 is 5.66. The molecule has 6 nitrogen and oxygen atoms in total. The van der Waals surface area contributed by atoms with Crippen LogP contribution in [0.2, 0.25) is 0 Å². The van der Waals surface area contributed by atoms with E-state index in [9.17, 15) is 4.79 Å². The van der Waals surface area contributed by atoms with Crippen LogP contribution in [-0.2, 0) is 11.2 Å². The molecule has 2 fully saturated rings. The third kappa shape index (κ3) is 5.10. The molecular weight excluding hydrogens is 410 g/mol. The molecule has 2 heterocycles. The number of hydrogen-bond acceptors (Lipinski definition) is 4. The molecule has 0 saturated carbocycles. The molecule has 2 aliphatic heterocycles. The monoisotopic (exact) mass is 439 g/mol. The fourth-order valence-electron chi connectivity index (χ4n) is 4.35. The number of cyclic esters (lactones) is 1. The predicted molar refractivity (Wildman–Crippen MR) is 126 cm³/mol. The van der Waals surface area contributed by atoms with Gasteiger partial charge in [0.05, 0.1) is 18.3 Å². The fourth-order valence-corrected chi connectivity index (χ4v) is 4.65. The van der Waals surface area contributed by atoms with Crippen molar-refractivity contribution in [2.24, 2.45) is 0 Å². The average Bonchev–Trinajstić information content (AvgIpc) is 3.16. The molecule has 1 unspecified atom stereocenters. The van der Waals surface area contributed by atoms with Crippen molar-refractivity contribution < 1.29 is 14.3 Å². The summed E-state index contributed by atoms with van der Waals surface area (Å²) in [6.45, 7) is 4.63. The zero-order valence-electron chi connectivity index (χ0n) is 17.8. The molecule has 1 amide bonds. The van der Waals surface area contributed by atoms with E-state index in [4.69, 9.17) is 21.7 Å². The Labute approximate surface area is 189 Å². The van der Waals surface area contributed by atoms with Crippen LogP contribution in [0.5, 0.6) is 5.75 Å². The van der Waals surface area contributed by atoms with Crippen molar-refractivity contribution in [1.29, 1.82) is 0 Å². The number of hydrogen-bond donors (Lipinski definition) is 1. The highest BCUT2D eigenvalue weighted by atomic mass is 32.1. The normalized spacial score (nSPS) is 19.3. The molecule has 7 heteroatoms. The standard InChI is InChI=1S/C24H29N3O3S/c1-2-29-22-11-7-6-10-21(22)25-23(31)26-14-12-19(13-15-26)27-20(17-30-24(27)28)16-18-8-4-3-5-9-18/h3-11,19-20H,2,12-17H2,1H3,(H,25,31). The summed E-state index contributed by atoms with van der Waals surface area (Å²) in [5.74, 6) is 0.797. The molecule has 0 spiro atoms. The second-order valence-corrected chi connectivity index (χ2v) is 8.29. The van der Waals surface area contributed by atoms with E-state index in [-0.39, 0.29) is 18.2 Å². The third-order valence-corrected chi connectivity index (χ3v) is 6.25. The highest BCUT2D eigenvalue weighted by Gasteiger charge is 2.39. The van der Waals surface area contributed by atoms with Gasteiger partial charge in [-0.3, -0.25) is 4.90 Å². The number of thiocarbonyl (C=S) groups is 1. The molecule has 0 aliphatic carbocycles. The molecule has 1 atom stereocenters. The number of benzene rings is 2. The Morgan fingerprint density at radius 2 is 1.84 bits per heavy atom. The van der Waals surface area contributed by atoms with Crippen LogP contribution >= 0.6 is 12.2 Å². The second-order valence-electron chi connectivity index (χ2n) is 7.91. The Bertz CT molecular complexity index is 900. The summed E-state index contributed by atoms with van der Waals surface area (Å²) in [6.07, 6.45) is 2.37. The lowest BCUT2D eigenvalue weighted by atomic mass is 9.99. The van der Waals surface area contributed by atoms with E-state index in [2.05, 4.69) is 22.3 Å². The van der Waals surface area contributed by atoms with E-state index in [0.29, 0.717) is 18.3 Å². The van der Waals surface area contributed by atoms with E-state index >= 15 is 0 Å². The van der Waals surface area contributed by atoms with Gasteiger partial charge >= 0.3 is 6.09 Å². The Balaban J connectivity index is 1.34. The molecule has 0 bridgehead atoms. The Hall–Kier alpha value is -2.80. The van der Waals surface area contributed by atoms with Gasteiger partial charge in [-0.15, -0.1) is 0 Å². The summed E-state index contributed by atoms with van der Waals surface area (Å²) in [5, 5.41) is 4.02. The van der Waals surface area contributed by atoms with Crippen molar-refractivity contribution in [2.45, 2.75) is 38.3 Å². The molecule has 1 N–H and O–H groups in total. The molecule has 2 aromatic rings. The zero-order valence-corrected chi connectivity index (χ0v) is 18.6. The molecule has 2 aromatic carbocycles. The minimum Gasteiger partial charge on any atom is -0.492 e. The number of carbonyl (C=O) groups excluding carboxylic acids is 1. The van der Waals surface area contributed by atoms with E-state index in [1.807, 2.05) is 54.3 Å². The average molecular weight is 440 g/mol. The van der Waals surface area contributed by atoms with E-state index in [1.54, 1.807) is 0 Å². The van der Waals surface area contributed by atoms with Crippen molar-refractivity contribution >= 4 is 29.1 Å². The number of ether oxygens (including phenoxy) is 2. The van der Waals surface area contributed by atoms with Gasteiger partial charge in [0.2, 0.25) is 0 Å². The second kappa shape index (κ2) is 10.0. The first-order valence-electron chi connectivity index (χ1n) is 10.9. The van der Waals surface area contributed by atoms with Gasteiger partial charge in [0.1, 0.15) is 12.4 Å². The van der Waals surface area contributed by atoms with Gasteiger partial charge in [-0.1, -0.05) is 42.5 Å². The van der Waals surface area contributed by atoms with Gasteiger partial charge in [0.25, 0.3) is 0 Å². The first-order chi connectivity index (χ1) is 15.2. The Morgan fingerprint density at radius 1 is 1.13 bits per heavy atom. The molecule has 0 aromatic heterocycles. The Morgan fingerprint density at radius 3 is 2.58 bits per heavy atom. The maximum Gasteiger partial charge on any atom is 0.410 e. The van der Waals surface area contributed by atoms with Crippen LogP contribution in [0.25, 0.3) is 0 Å². The minimum atomic E-state index is -0.189. The number of para-hydroxylation sites is 2. The largest absolute Gasteiger partial charge is 0.492 e. The third-order valence-electron chi connectivity index (χ3n) is 5.89. The lowest BCUT2D eigenvalue weighted by molar-refractivity contribution is 0.123. The highest BCUT2D eigenvalue weighted by Crippen LogP contribution is 2.28. The van der Waals surface area contributed by atoms with Gasteiger partial charge in [-0.25, -0.2) is 4.79 Å². The van der Waals surface area contributed by atoms with Gasteiger partial charge < -0.3 is 19.7 Å². The molecule has 2 aliphatic rings. The minimum absolute atomic E-state index is 0.0922. The van der Waals surface area contributed by atoms with Gasteiger partial charge in [-0.2, -0.15) is 0 Å². The number of nitrogens with one attached hydrogen (secondary N) is 1. The topological polar surface area (TPSA) is 54.0 Å². The predicted octanol–water partition coefficient (Wildman–Crippen LogP) is 4.31. The number of anilines is 1. The molecule has 31 heavy (non-hydrogen) atoms. The van der Waals surface area contributed by atoms with E-state index in [1.165, 1.54) is 5.56 Å². The van der Waals surface area contributed by atoms with Crippen LogP contribution in [0.1, 0.15) is 25.3 Å². The van der Waals surface area contributed by atoms with Crippen LogP contribution < -0.4 is 10.1 Å². The summed E-state index contributed by atoms with van der Waals surface area (Å²) in [7, 11) is 0. The molecular formula is C24H29N3O3S. The number of amides is 1. The summed E-state index contributed by atoms with van der Waals surface area (Å²) in [6, 6.07) is 18.4. The van der Waals surface area contributed by atoms with Crippen LogP contribution in [0.15, 0.2) is 54.6 Å². The van der Waals surface area contributed by atoms with Gasteiger partial charge in [0.15, 0.2) is 5.11 Å². The lowest BCUT2D eigenvalue weighted by Crippen LogP contribution is -2.50. The number of likely N-dealkylation sites (tertiary alicyclic amines) is 1. The van der Waals surface area contributed by atoms with Crippen LogP contribution in [0, 0.1) is 0 Å². The maximum absolute atomic E-state index is 12.5. The quantitative estimate of drug-likeness (QED) is 0.677. The van der Waals surface area contributed by atoms with Gasteiger partial charge in [-0.05, 0) is 56.1 Å². The number of piperidine rings is 1. The summed E-state index contributed by atoms with van der Waals surface area (Å²) in [5.41, 5.74) is 2.11. The summed E-state index contributed by atoms with van der Waals surface area (Å²) in [4.78, 5) is 16.6. The maximum atomic E-state index is 12.5. The number of carbonyl (C=O) groups is 1. The summed E-state index contributed by atoms with van der Waals surface area (Å²) < 4.78 is 11.1. The number of nitrogens with zero attached hydrogens (tertiary/aromatic N) is 2.